The number of aromatic nitrogens is 3. The second-order valence-electron chi connectivity index (χ2n) is 5.65. The van der Waals surface area contributed by atoms with Gasteiger partial charge < -0.3 is 0 Å². The Bertz CT molecular complexity index is 610. The van der Waals surface area contributed by atoms with Crippen molar-refractivity contribution in [2.45, 2.75) is 43.2 Å². The Hall–Kier alpha value is -1.37. The highest BCUT2D eigenvalue weighted by Gasteiger charge is 2.30. The first-order valence-corrected chi connectivity index (χ1v) is 8.25. The van der Waals surface area contributed by atoms with Crippen molar-refractivity contribution in [3.63, 3.8) is 0 Å². The lowest BCUT2D eigenvalue weighted by molar-refractivity contribution is 0.427. The van der Waals surface area contributed by atoms with Crippen LogP contribution in [0.5, 0.6) is 0 Å². The number of benzene rings is 1. The Labute approximate surface area is 129 Å². The Morgan fingerprint density at radius 1 is 1.43 bits per heavy atom. The van der Waals surface area contributed by atoms with Gasteiger partial charge in [-0.25, -0.2) is 9.67 Å². The minimum absolute atomic E-state index is 0.169. The first kappa shape index (κ1) is 14.6. The highest BCUT2D eigenvalue weighted by molar-refractivity contribution is 7.99. The van der Waals surface area contributed by atoms with E-state index in [4.69, 9.17) is 5.84 Å². The quantitative estimate of drug-likeness (QED) is 0.654. The lowest BCUT2D eigenvalue weighted by atomic mass is 9.91. The van der Waals surface area contributed by atoms with E-state index in [1.165, 1.54) is 10.5 Å². The van der Waals surface area contributed by atoms with E-state index in [0.29, 0.717) is 12.0 Å². The van der Waals surface area contributed by atoms with Crippen LogP contribution in [0.15, 0.2) is 35.5 Å². The summed E-state index contributed by atoms with van der Waals surface area (Å²) in [4.78, 5) is 5.77. The van der Waals surface area contributed by atoms with E-state index in [1.807, 2.05) is 16.4 Å². The third-order valence-corrected chi connectivity index (χ3v) is 5.18. The molecule has 0 spiro atoms. The lowest BCUT2D eigenvalue weighted by Gasteiger charge is -2.23. The number of rotatable bonds is 5. The fourth-order valence-electron chi connectivity index (χ4n) is 2.89. The average molecular weight is 303 g/mol. The summed E-state index contributed by atoms with van der Waals surface area (Å²) < 4.78 is 1.97. The van der Waals surface area contributed by atoms with Crippen LogP contribution < -0.4 is 11.3 Å². The van der Waals surface area contributed by atoms with Gasteiger partial charge in [0.1, 0.15) is 12.2 Å². The van der Waals surface area contributed by atoms with Gasteiger partial charge >= 0.3 is 0 Å². The van der Waals surface area contributed by atoms with E-state index >= 15 is 0 Å². The van der Waals surface area contributed by atoms with E-state index < -0.39 is 0 Å². The molecule has 3 N–H and O–H groups in total. The van der Waals surface area contributed by atoms with Gasteiger partial charge in [-0.2, -0.15) is 5.10 Å². The van der Waals surface area contributed by atoms with Crippen molar-refractivity contribution >= 4 is 11.8 Å². The Morgan fingerprint density at radius 3 is 3.00 bits per heavy atom. The summed E-state index contributed by atoms with van der Waals surface area (Å²) in [6.07, 6.45) is 2.41. The number of nitrogens with zero attached hydrogens (tertiary/aromatic N) is 3. The van der Waals surface area contributed by atoms with Gasteiger partial charge in [-0.1, -0.05) is 18.2 Å². The number of fused-ring (bicyclic) bond motifs is 1. The maximum absolute atomic E-state index is 5.84. The maximum Gasteiger partial charge on any atom is 0.138 e. The molecule has 2 atom stereocenters. The van der Waals surface area contributed by atoms with E-state index in [9.17, 15) is 0 Å². The summed E-state index contributed by atoms with van der Waals surface area (Å²) in [5.74, 6) is 8.29. The molecule has 0 saturated heterocycles. The monoisotopic (exact) mass is 303 g/mol. The van der Waals surface area contributed by atoms with E-state index in [1.54, 1.807) is 6.33 Å². The zero-order valence-electron chi connectivity index (χ0n) is 12.4. The molecule has 2 aromatic rings. The molecule has 0 aliphatic carbocycles. The van der Waals surface area contributed by atoms with Crippen LogP contribution in [0.2, 0.25) is 0 Å². The van der Waals surface area contributed by atoms with Crippen molar-refractivity contribution in [3.8, 4) is 0 Å². The highest BCUT2D eigenvalue weighted by Crippen LogP contribution is 2.41. The number of thioether (sulfide) groups is 1. The summed E-state index contributed by atoms with van der Waals surface area (Å²) in [5, 5.41) is 4.31. The van der Waals surface area contributed by atoms with E-state index in [2.05, 4.69) is 53.6 Å². The summed E-state index contributed by atoms with van der Waals surface area (Å²) in [6.45, 7) is 4.23. The molecule has 2 heterocycles. The fraction of sp³-hybridized carbons (Fsp3) is 0.467. The van der Waals surface area contributed by atoms with Gasteiger partial charge in [0.05, 0.1) is 0 Å². The molecule has 0 amide bonds. The summed E-state index contributed by atoms with van der Waals surface area (Å²) >= 11 is 1.90. The number of hydrogen-bond acceptors (Lipinski definition) is 5. The minimum atomic E-state index is 0.169. The molecule has 1 aliphatic heterocycles. The smallest absolute Gasteiger partial charge is 0.138 e. The topological polar surface area (TPSA) is 68.8 Å². The molecular weight excluding hydrogens is 282 g/mol. The van der Waals surface area contributed by atoms with Gasteiger partial charge in [-0.05, 0) is 25.5 Å². The standard InChI is InChI=1S/C15H21N5S/c1-10(2)20-15(17-9-18-20)7-13(19-16)12-8-21-14-6-4-3-5-11(12)14/h3-6,9-10,12-13,19H,7-8,16H2,1-2H3. The SMILES string of the molecule is CC(C)n1ncnc1CC(NN)C1CSc2ccccc21. The molecule has 1 aromatic carbocycles. The molecule has 0 saturated carbocycles. The first-order valence-electron chi connectivity index (χ1n) is 7.27. The number of hydrogen-bond donors (Lipinski definition) is 2. The van der Waals surface area contributed by atoms with Gasteiger partial charge in [-0.3, -0.25) is 11.3 Å². The molecule has 6 heteroatoms. The average Bonchev–Trinajstić information content (AvgIpc) is 3.11. The van der Waals surface area contributed by atoms with Crippen LogP contribution in [0, 0.1) is 0 Å². The molecule has 0 fully saturated rings. The van der Waals surface area contributed by atoms with Crippen LogP contribution in [0.4, 0.5) is 0 Å². The van der Waals surface area contributed by atoms with Crippen LogP contribution in [-0.2, 0) is 6.42 Å². The molecule has 1 aromatic heterocycles. The molecule has 5 nitrogen and oxygen atoms in total. The zero-order chi connectivity index (χ0) is 14.8. The lowest BCUT2D eigenvalue weighted by Crippen LogP contribution is -2.42. The van der Waals surface area contributed by atoms with Gasteiger partial charge in [0.25, 0.3) is 0 Å². The molecule has 0 radical (unpaired) electrons. The van der Waals surface area contributed by atoms with Gasteiger partial charge in [-0.15, -0.1) is 11.8 Å². The zero-order valence-corrected chi connectivity index (χ0v) is 13.2. The van der Waals surface area contributed by atoms with Gasteiger partial charge in [0, 0.05) is 35.1 Å². The van der Waals surface area contributed by atoms with Crippen molar-refractivity contribution in [2.75, 3.05) is 5.75 Å². The van der Waals surface area contributed by atoms with Crippen molar-refractivity contribution < 1.29 is 0 Å². The fourth-order valence-corrected chi connectivity index (χ4v) is 4.22. The van der Waals surface area contributed by atoms with E-state index in [0.717, 1.165) is 18.0 Å². The minimum Gasteiger partial charge on any atom is -0.271 e. The van der Waals surface area contributed by atoms with Crippen molar-refractivity contribution in [1.29, 1.82) is 0 Å². The Kier molecular flexibility index (Phi) is 4.28. The molecule has 0 bridgehead atoms. The summed E-state index contributed by atoms with van der Waals surface area (Å²) in [5.41, 5.74) is 4.38. The van der Waals surface area contributed by atoms with Gasteiger partial charge in [0.15, 0.2) is 0 Å². The van der Waals surface area contributed by atoms with E-state index in [-0.39, 0.29) is 6.04 Å². The second-order valence-corrected chi connectivity index (χ2v) is 6.71. The van der Waals surface area contributed by atoms with Gasteiger partial charge in [0.2, 0.25) is 0 Å². The predicted molar refractivity (Wildman–Crippen MR) is 85.1 cm³/mol. The predicted octanol–water partition coefficient (Wildman–Crippen LogP) is 2.12. The highest BCUT2D eigenvalue weighted by atomic mass is 32.2. The number of nitrogens with two attached hydrogens (primary N) is 1. The normalized spacial score (nSPS) is 19.0. The number of nitrogens with one attached hydrogen (secondary N) is 1. The van der Waals surface area contributed by atoms with Crippen LogP contribution in [-0.4, -0.2) is 26.6 Å². The van der Waals surface area contributed by atoms with Crippen LogP contribution in [0.1, 0.15) is 37.2 Å². The van der Waals surface area contributed by atoms with Crippen LogP contribution in [0.3, 0.4) is 0 Å². The molecule has 1 aliphatic rings. The Balaban J connectivity index is 1.82. The third-order valence-electron chi connectivity index (χ3n) is 3.98. The molecule has 3 rings (SSSR count). The van der Waals surface area contributed by atoms with Crippen LogP contribution in [0.25, 0.3) is 0 Å². The molecule has 112 valence electrons. The third kappa shape index (κ3) is 2.84. The summed E-state index contributed by atoms with van der Waals surface area (Å²) in [6, 6.07) is 9.06. The van der Waals surface area contributed by atoms with Crippen molar-refractivity contribution in [2.24, 2.45) is 5.84 Å². The summed E-state index contributed by atoms with van der Waals surface area (Å²) in [7, 11) is 0. The van der Waals surface area contributed by atoms with Crippen molar-refractivity contribution in [1.82, 2.24) is 20.2 Å². The van der Waals surface area contributed by atoms with Crippen LogP contribution >= 0.6 is 11.8 Å². The first-order chi connectivity index (χ1) is 10.2. The number of hydrazine groups is 1. The molecular formula is C15H21N5S. The largest absolute Gasteiger partial charge is 0.271 e. The maximum atomic E-state index is 5.84. The molecule has 2 unspecified atom stereocenters. The second kappa shape index (κ2) is 6.17. The van der Waals surface area contributed by atoms with Crippen molar-refractivity contribution in [3.05, 3.63) is 42.0 Å². The Morgan fingerprint density at radius 2 is 2.24 bits per heavy atom. The molecule has 21 heavy (non-hydrogen) atoms.